The first-order valence-corrected chi connectivity index (χ1v) is 13.9. The van der Waals surface area contributed by atoms with E-state index >= 15 is 0 Å². The Balaban J connectivity index is 0.00000111. The highest BCUT2D eigenvalue weighted by molar-refractivity contribution is 7.90. The van der Waals surface area contributed by atoms with E-state index in [0.717, 1.165) is 46.9 Å². The van der Waals surface area contributed by atoms with E-state index in [4.69, 9.17) is 0 Å². The average molecular weight is 497 g/mol. The molecule has 9 heteroatoms. The van der Waals surface area contributed by atoms with Crippen molar-refractivity contribution in [1.82, 2.24) is 14.3 Å². The summed E-state index contributed by atoms with van der Waals surface area (Å²) in [5.74, 6) is 1.16. The van der Waals surface area contributed by atoms with E-state index in [0.29, 0.717) is 25.3 Å². The average Bonchev–Trinajstić information content (AvgIpc) is 3.73. The number of sulfonamides is 1. The lowest BCUT2D eigenvalue weighted by atomic mass is 10.0. The molecule has 0 unspecified atom stereocenters. The van der Waals surface area contributed by atoms with Gasteiger partial charge in [0.25, 0.3) is 10.0 Å². The van der Waals surface area contributed by atoms with Crippen molar-refractivity contribution in [3.63, 3.8) is 0 Å². The highest BCUT2D eigenvalue weighted by Gasteiger charge is 2.46. The monoisotopic (exact) mass is 496 g/mol. The number of hydrogen-bond donors (Lipinski definition) is 1. The van der Waals surface area contributed by atoms with Crippen LogP contribution >= 0.6 is 0 Å². The van der Waals surface area contributed by atoms with Gasteiger partial charge in [0.15, 0.2) is 0 Å². The lowest BCUT2D eigenvalue weighted by molar-refractivity contribution is 0.103. The van der Waals surface area contributed by atoms with Crippen molar-refractivity contribution in [2.24, 2.45) is 5.92 Å². The van der Waals surface area contributed by atoms with Crippen molar-refractivity contribution in [3.8, 4) is 0 Å². The standard InChI is InChI=1S/C23H30F2N4O2S.C2H6.H2/c1-23(24,25)32(30,31)28-12-19-10-18(17-5-6-17)7-9-22(19)29(13-20-11-26-15-27-20)21(14-28)8-4-16-2-3-16;1-2;/h7,9-11,15-17,21H,2-6,8,12-14H2,1H3,(H,26,27);1-2H3;1H/t21-;;/m1../s1. The molecule has 1 aromatic heterocycles. The summed E-state index contributed by atoms with van der Waals surface area (Å²) in [6.45, 7) is 5.04. The maximum Gasteiger partial charge on any atom is 0.356 e. The molecule has 6 nitrogen and oxygen atoms in total. The van der Waals surface area contributed by atoms with Crippen LogP contribution in [0.5, 0.6) is 0 Å². The maximum atomic E-state index is 14.2. The Labute approximate surface area is 203 Å². The van der Waals surface area contributed by atoms with Crippen molar-refractivity contribution < 1.29 is 18.6 Å². The largest absolute Gasteiger partial charge is 0.361 e. The molecule has 1 N–H and O–H groups in total. The summed E-state index contributed by atoms with van der Waals surface area (Å²) in [5.41, 5.74) is 3.82. The normalized spacial score (nSPS) is 21.4. The Morgan fingerprint density at radius 3 is 2.50 bits per heavy atom. The van der Waals surface area contributed by atoms with Gasteiger partial charge in [-0.3, -0.25) is 0 Å². The van der Waals surface area contributed by atoms with Crippen LogP contribution in [0.15, 0.2) is 30.7 Å². The lowest BCUT2D eigenvalue weighted by Crippen LogP contribution is -2.47. The van der Waals surface area contributed by atoms with E-state index in [9.17, 15) is 17.2 Å². The van der Waals surface area contributed by atoms with E-state index in [1.54, 1.807) is 12.5 Å². The Morgan fingerprint density at radius 2 is 1.91 bits per heavy atom. The second-order valence-electron chi connectivity index (χ2n) is 9.65. The third kappa shape index (κ3) is 5.46. The Kier molecular flexibility index (Phi) is 7.33. The van der Waals surface area contributed by atoms with E-state index in [1.165, 1.54) is 18.4 Å². The van der Waals surface area contributed by atoms with E-state index in [2.05, 4.69) is 27.0 Å². The first-order valence-electron chi connectivity index (χ1n) is 12.5. The highest BCUT2D eigenvalue weighted by atomic mass is 32.2. The highest BCUT2D eigenvalue weighted by Crippen LogP contribution is 2.43. The molecule has 1 aromatic carbocycles. The number of fused-ring (bicyclic) bond motifs is 1. The van der Waals surface area contributed by atoms with Crippen LogP contribution in [0.25, 0.3) is 0 Å². The summed E-state index contributed by atoms with van der Waals surface area (Å²) in [5, 5.41) is -3.82. The van der Waals surface area contributed by atoms with Gasteiger partial charge in [0.05, 0.1) is 18.6 Å². The van der Waals surface area contributed by atoms with Gasteiger partial charge >= 0.3 is 5.25 Å². The van der Waals surface area contributed by atoms with Gasteiger partial charge in [-0.1, -0.05) is 38.8 Å². The Morgan fingerprint density at radius 1 is 1.18 bits per heavy atom. The number of halogens is 2. The fraction of sp³-hybridized carbons (Fsp3) is 0.640. The number of anilines is 1. The molecule has 0 saturated heterocycles. The molecule has 3 aliphatic rings. The molecule has 1 atom stereocenters. The van der Waals surface area contributed by atoms with Crippen molar-refractivity contribution >= 4 is 15.7 Å². The van der Waals surface area contributed by atoms with Gasteiger partial charge in [-0.15, -0.1) is 0 Å². The maximum absolute atomic E-state index is 14.2. The van der Waals surface area contributed by atoms with Gasteiger partial charge in [-0.25, -0.2) is 13.4 Å². The van der Waals surface area contributed by atoms with Gasteiger partial charge in [0.2, 0.25) is 0 Å². The predicted octanol–water partition coefficient (Wildman–Crippen LogP) is 5.88. The number of benzene rings is 1. The molecule has 5 rings (SSSR count). The van der Waals surface area contributed by atoms with Crippen LogP contribution in [0.1, 0.15) is 83.5 Å². The third-order valence-corrected chi connectivity index (χ3v) is 8.82. The molecule has 2 aromatic rings. The molecule has 2 fully saturated rings. The van der Waals surface area contributed by atoms with Crippen LogP contribution in [0, 0.1) is 5.92 Å². The molecular formula is C25H38F2N4O2S. The van der Waals surface area contributed by atoms with Crippen LogP contribution < -0.4 is 4.90 Å². The minimum atomic E-state index is -4.77. The molecule has 190 valence electrons. The number of hydrogen-bond acceptors (Lipinski definition) is 4. The summed E-state index contributed by atoms with van der Waals surface area (Å²) >= 11 is 0. The fourth-order valence-electron chi connectivity index (χ4n) is 4.73. The van der Waals surface area contributed by atoms with Crippen LogP contribution in [-0.4, -0.2) is 40.5 Å². The van der Waals surface area contributed by atoms with Gasteiger partial charge in [0.1, 0.15) is 0 Å². The topological polar surface area (TPSA) is 69.3 Å². The minimum Gasteiger partial charge on any atom is -0.361 e. The van der Waals surface area contributed by atoms with Gasteiger partial charge < -0.3 is 9.88 Å². The number of rotatable bonds is 8. The summed E-state index contributed by atoms with van der Waals surface area (Å²) in [6, 6.07) is 6.02. The Hall–Kier alpha value is -2.00. The second kappa shape index (κ2) is 9.93. The minimum absolute atomic E-state index is 0. The third-order valence-electron chi connectivity index (χ3n) is 6.96. The van der Waals surface area contributed by atoms with Crippen LogP contribution in [-0.2, 0) is 23.1 Å². The predicted molar refractivity (Wildman–Crippen MR) is 132 cm³/mol. The van der Waals surface area contributed by atoms with Crippen LogP contribution in [0.4, 0.5) is 14.5 Å². The van der Waals surface area contributed by atoms with E-state index < -0.39 is 15.3 Å². The smallest absolute Gasteiger partial charge is 0.356 e. The summed E-state index contributed by atoms with van der Waals surface area (Å²) in [4.78, 5) is 9.45. The molecule has 0 radical (unpaired) electrons. The molecule has 2 saturated carbocycles. The number of nitrogens with zero attached hydrogens (tertiary/aromatic N) is 3. The van der Waals surface area contributed by atoms with Crippen molar-refractivity contribution in [3.05, 3.63) is 47.5 Å². The Bertz CT molecular complexity index is 1070. The number of aromatic nitrogens is 2. The summed E-state index contributed by atoms with van der Waals surface area (Å²) in [6.07, 6.45) is 9.77. The molecule has 2 aliphatic carbocycles. The molecule has 0 spiro atoms. The molecule has 2 heterocycles. The van der Waals surface area contributed by atoms with E-state index in [1.807, 2.05) is 19.9 Å². The van der Waals surface area contributed by atoms with Crippen molar-refractivity contribution in [2.45, 2.75) is 89.6 Å². The van der Waals surface area contributed by atoms with Crippen molar-refractivity contribution in [2.75, 3.05) is 11.4 Å². The van der Waals surface area contributed by atoms with Crippen LogP contribution in [0.2, 0.25) is 0 Å². The molecular weight excluding hydrogens is 458 g/mol. The molecule has 0 amide bonds. The zero-order valence-corrected chi connectivity index (χ0v) is 21.1. The lowest BCUT2D eigenvalue weighted by Gasteiger charge is -2.34. The number of imidazole rings is 1. The van der Waals surface area contributed by atoms with Gasteiger partial charge in [-0.05, 0) is 54.7 Å². The first-order chi connectivity index (χ1) is 16.2. The number of H-pyrrole nitrogens is 1. The first kappa shape index (κ1) is 25.1. The van der Waals surface area contributed by atoms with Gasteiger partial charge in [0, 0.05) is 39.4 Å². The zero-order valence-electron chi connectivity index (χ0n) is 20.3. The SMILES string of the molecule is CC.CC(F)(F)S(=O)(=O)N1Cc2cc(C3CC3)ccc2N(Cc2cnc[nH]2)[C@H](CCC2CC2)C1.[HH]. The van der Waals surface area contributed by atoms with Crippen LogP contribution in [0.3, 0.4) is 0 Å². The van der Waals surface area contributed by atoms with Crippen molar-refractivity contribution in [1.29, 1.82) is 0 Å². The second-order valence-corrected chi connectivity index (χ2v) is 11.8. The molecule has 34 heavy (non-hydrogen) atoms. The number of alkyl halides is 2. The summed E-state index contributed by atoms with van der Waals surface area (Å²) in [7, 11) is -4.77. The number of nitrogens with one attached hydrogen (secondary N) is 1. The molecule has 0 bridgehead atoms. The van der Waals surface area contributed by atoms with Gasteiger partial charge in [-0.2, -0.15) is 13.1 Å². The quantitative estimate of drug-likeness (QED) is 0.495. The fourth-order valence-corrected chi connectivity index (χ4v) is 5.86. The summed E-state index contributed by atoms with van der Waals surface area (Å²) < 4.78 is 55.2. The zero-order chi connectivity index (χ0) is 24.5. The number of aromatic amines is 1. The molecule has 1 aliphatic heterocycles. The van der Waals surface area contributed by atoms with E-state index in [-0.39, 0.29) is 20.6 Å².